The predicted octanol–water partition coefficient (Wildman–Crippen LogP) is 7.30. The van der Waals surface area contributed by atoms with Crippen LogP contribution >= 0.6 is 15.9 Å². The Bertz CT molecular complexity index is 1230. The smallest absolute Gasteiger partial charge is 0.0619 e. The van der Waals surface area contributed by atoms with Gasteiger partial charge in [0, 0.05) is 4.47 Å². The predicted molar refractivity (Wildman–Crippen MR) is 120 cm³/mol. The molecule has 0 fully saturated rings. The second-order valence-electron chi connectivity index (χ2n) is 7.49. The summed E-state index contributed by atoms with van der Waals surface area (Å²) < 4.78 is 1.11. The van der Waals surface area contributed by atoms with Crippen LogP contribution in [0.3, 0.4) is 0 Å². The van der Waals surface area contributed by atoms with Gasteiger partial charge in [-0.25, -0.2) is 0 Å². The van der Waals surface area contributed by atoms with Crippen LogP contribution in [0.2, 0.25) is 0 Å². The summed E-state index contributed by atoms with van der Waals surface area (Å²) >= 11 is 3.74. The van der Waals surface area contributed by atoms with Crippen LogP contribution in [0, 0.1) is 0 Å². The summed E-state index contributed by atoms with van der Waals surface area (Å²) in [6.45, 7) is 0. The fraction of sp³-hybridized carbons (Fsp3) is 0.0370. The first kappa shape index (κ1) is 16.1. The molecule has 2 aliphatic rings. The van der Waals surface area contributed by atoms with Gasteiger partial charge in [-0.15, -0.1) is 0 Å². The van der Waals surface area contributed by atoms with Gasteiger partial charge in [0.1, 0.15) is 0 Å². The molecule has 0 aromatic heterocycles. The van der Waals surface area contributed by atoms with Gasteiger partial charge in [0.05, 0.1) is 5.41 Å². The van der Waals surface area contributed by atoms with E-state index in [9.17, 15) is 0 Å². The molecule has 6 rings (SSSR count). The second kappa shape index (κ2) is 5.80. The maximum Gasteiger partial charge on any atom is 0.0725 e. The fourth-order valence-electron chi connectivity index (χ4n) is 5.12. The Kier molecular flexibility index (Phi) is 3.33. The average Bonchev–Trinajstić information content (AvgIpc) is 2.95. The zero-order valence-electron chi connectivity index (χ0n) is 15.2. The standard InChI is InChI=1S/C27H17Br/c28-20-16-15-19-14-13-18-7-1-4-10-23(18)27(26(19)17-20)24-11-5-2-8-21(24)22-9-3-6-12-25(22)27/h1-17H. The Morgan fingerprint density at radius 1 is 0.500 bits per heavy atom. The molecule has 0 amide bonds. The highest BCUT2D eigenvalue weighted by Crippen LogP contribution is 2.58. The lowest BCUT2D eigenvalue weighted by Gasteiger charge is -2.35. The van der Waals surface area contributed by atoms with Crippen molar-refractivity contribution in [3.05, 3.63) is 129 Å². The zero-order valence-corrected chi connectivity index (χ0v) is 16.8. The Hall–Kier alpha value is -2.90. The van der Waals surface area contributed by atoms with Gasteiger partial charge in [-0.3, -0.25) is 0 Å². The monoisotopic (exact) mass is 420 g/mol. The molecule has 0 saturated heterocycles. The van der Waals surface area contributed by atoms with E-state index in [1.807, 2.05) is 0 Å². The zero-order chi connectivity index (χ0) is 18.7. The van der Waals surface area contributed by atoms with Crippen LogP contribution in [0.15, 0.2) is 95.5 Å². The molecule has 0 radical (unpaired) electrons. The van der Waals surface area contributed by atoms with Crippen molar-refractivity contribution >= 4 is 28.1 Å². The minimum atomic E-state index is -0.313. The maximum atomic E-state index is 3.74. The summed E-state index contributed by atoms with van der Waals surface area (Å²) in [5.74, 6) is 0. The molecule has 0 aliphatic heterocycles. The lowest BCUT2D eigenvalue weighted by molar-refractivity contribution is 0.765. The number of halogens is 1. The van der Waals surface area contributed by atoms with Gasteiger partial charge >= 0.3 is 0 Å². The third kappa shape index (κ3) is 1.95. The molecule has 0 nitrogen and oxygen atoms in total. The molecule has 4 aromatic rings. The highest BCUT2D eigenvalue weighted by molar-refractivity contribution is 9.10. The van der Waals surface area contributed by atoms with Crippen molar-refractivity contribution in [3.63, 3.8) is 0 Å². The second-order valence-corrected chi connectivity index (χ2v) is 8.41. The molecule has 0 saturated carbocycles. The van der Waals surface area contributed by atoms with Gasteiger partial charge in [-0.1, -0.05) is 107 Å². The molecule has 28 heavy (non-hydrogen) atoms. The van der Waals surface area contributed by atoms with Crippen molar-refractivity contribution in [2.24, 2.45) is 0 Å². The summed E-state index contributed by atoms with van der Waals surface area (Å²) in [7, 11) is 0. The minimum Gasteiger partial charge on any atom is -0.0619 e. The van der Waals surface area contributed by atoms with Gasteiger partial charge in [0.15, 0.2) is 0 Å². The van der Waals surface area contributed by atoms with Gasteiger partial charge in [0.2, 0.25) is 0 Å². The summed E-state index contributed by atoms with van der Waals surface area (Å²) in [5, 5.41) is 0. The molecule has 4 aromatic carbocycles. The fourth-order valence-corrected chi connectivity index (χ4v) is 5.48. The van der Waals surface area contributed by atoms with E-state index in [4.69, 9.17) is 0 Å². The van der Waals surface area contributed by atoms with E-state index < -0.39 is 0 Å². The lowest BCUT2D eigenvalue weighted by Crippen LogP contribution is -2.29. The molecular formula is C27H17Br. The van der Waals surface area contributed by atoms with E-state index in [0.717, 1.165) is 4.47 Å². The first-order chi connectivity index (χ1) is 13.8. The molecule has 1 spiro atoms. The SMILES string of the molecule is Brc1ccc2c(c1)C1(c3ccccc3C=C2)c2ccccc2-c2ccccc21. The largest absolute Gasteiger partial charge is 0.0725 e. The molecule has 132 valence electrons. The van der Waals surface area contributed by atoms with Crippen molar-refractivity contribution in [1.82, 2.24) is 0 Å². The Morgan fingerprint density at radius 3 is 1.71 bits per heavy atom. The number of fused-ring (bicyclic) bond motifs is 9. The van der Waals surface area contributed by atoms with Gasteiger partial charge in [0.25, 0.3) is 0 Å². The van der Waals surface area contributed by atoms with E-state index in [1.165, 1.54) is 44.5 Å². The van der Waals surface area contributed by atoms with Crippen LogP contribution < -0.4 is 0 Å². The quantitative estimate of drug-likeness (QED) is 0.242. The van der Waals surface area contributed by atoms with Crippen LogP contribution in [0.4, 0.5) is 0 Å². The third-order valence-corrected chi connectivity index (χ3v) is 6.67. The average molecular weight is 421 g/mol. The van der Waals surface area contributed by atoms with Crippen molar-refractivity contribution in [3.8, 4) is 11.1 Å². The normalized spacial score (nSPS) is 14.8. The van der Waals surface area contributed by atoms with Crippen LogP contribution in [0.5, 0.6) is 0 Å². The van der Waals surface area contributed by atoms with E-state index in [0.29, 0.717) is 0 Å². The van der Waals surface area contributed by atoms with Crippen LogP contribution in [-0.2, 0) is 5.41 Å². The molecule has 0 heterocycles. The third-order valence-electron chi connectivity index (χ3n) is 6.18. The van der Waals surface area contributed by atoms with Crippen LogP contribution in [-0.4, -0.2) is 0 Å². The topological polar surface area (TPSA) is 0 Å². The van der Waals surface area contributed by atoms with E-state index in [-0.39, 0.29) is 5.41 Å². The Labute approximate surface area is 173 Å². The molecule has 0 N–H and O–H groups in total. The summed E-state index contributed by atoms with van der Waals surface area (Å²) in [6.07, 6.45) is 4.53. The molecule has 0 atom stereocenters. The van der Waals surface area contributed by atoms with Crippen molar-refractivity contribution in [2.75, 3.05) is 0 Å². The number of hydrogen-bond acceptors (Lipinski definition) is 0. The number of benzene rings is 4. The van der Waals surface area contributed by atoms with Gasteiger partial charge in [-0.2, -0.15) is 0 Å². The number of rotatable bonds is 0. The van der Waals surface area contributed by atoms with Crippen LogP contribution in [0.25, 0.3) is 23.3 Å². The van der Waals surface area contributed by atoms with Gasteiger partial charge in [-0.05, 0) is 56.6 Å². The van der Waals surface area contributed by atoms with Crippen molar-refractivity contribution in [2.45, 2.75) is 5.41 Å². The number of hydrogen-bond donors (Lipinski definition) is 0. The van der Waals surface area contributed by atoms with E-state index in [1.54, 1.807) is 0 Å². The molecule has 0 bridgehead atoms. The lowest BCUT2D eigenvalue weighted by atomic mass is 9.66. The molecule has 0 unspecified atom stereocenters. The van der Waals surface area contributed by atoms with Crippen molar-refractivity contribution in [1.29, 1.82) is 0 Å². The first-order valence-electron chi connectivity index (χ1n) is 9.57. The molecule has 1 heteroatoms. The molecular weight excluding hydrogens is 404 g/mol. The maximum absolute atomic E-state index is 3.74. The summed E-state index contributed by atoms with van der Waals surface area (Å²) in [5.41, 5.74) is 10.3. The molecule has 2 aliphatic carbocycles. The van der Waals surface area contributed by atoms with Gasteiger partial charge < -0.3 is 0 Å². The minimum absolute atomic E-state index is 0.313. The van der Waals surface area contributed by atoms with Crippen molar-refractivity contribution < 1.29 is 0 Å². The Balaban J connectivity index is 1.89. The first-order valence-corrected chi connectivity index (χ1v) is 10.4. The Morgan fingerprint density at radius 2 is 1.04 bits per heavy atom. The highest BCUT2D eigenvalue weighted by atomic mass is 79.9. The summed E-state index contributed by atoms with van der Waals surface area (Å²) in [4.78, 5) is 0. The highest BCUT2D eigenvalue weighted by Gasteiger charge is 2.48. The van der Waals surface area contributed by atoms with E-state index in [2.05, 4.69) is 119 Å². The summed E-state index contributed by atoms with van der Waals surface area (Å²) in [6, 6.07) is 33.3. The van der Waals surface area contributed by atoms with Crippen LogP contribution in [0.1, 0.15) is 33.4 Å². The van der Waals surface area contributed by atoms with E-state index >= 15 is 0 Å².